The number of carbonyl (C=O) groups excluding carboxylic acids is 1. The summed E-state index contributed by atoms with van der Waals surface area (Å²) in [6.45, 7) is 3.24. The summed E-state index contributed by atoms with van der Waals surface area (Å²) in [5, 5.41) is 15.6. The number of thiazole rings is 1. The fourth-order valence-electron chi connectivity index (χ4n) is 2.48. The van der Waals surface area contributed by atoms with Gasteiger partial charge in [-0.2, -0.15) is 16.6 Å². The molecule has 1 aromatic carbocycles. The van der Waals surface area contributed by atoms with Crippen LogP contribution in [0.4, 0.5) is 0 Å². The van der Waals surface area contributed by atoms with E-state index in [-0.39, 0.29) is 5.91 Å². The molecule has 2 aromatic heterocycles. The number of nitriles is 1. The topological polar surface area (TPSA) is 57.0 Å². The first kappa shape index (κ1) is 17.3. The van der Waals surface area contributed by atoms with Gasteiger partial charge in [-0.25, -0.2) is 4.98 Å². The Bertz CT molecular complexity index is 876. The summed E-state index contributed by atoms with van der Waals surface area (Å²) in [6.07, 6.45) is 0.879. The fraction of sp³-hybridized carbons (Fsp3) is 0.211. The van der Waals surface area contributed by atoms with Crippen molar-refractivity contribution in [1.82, 2.24) is 9.88 Å². The number of amides is 1. The smallest absolute Gasteiger partial charge is 0.273 e. The highest BCUT2D eigenvalue weighted by molar-refractivity contribution is 7.14. The van der Waals surface area contributed by atoms with Crippen LogP contribution in [-0.2, 0) is 6.54 Å². The van der Waals surface area contributed by atoms with E-state index in [0.29, 0.717) is 24.3 Å². The molecule has 0 saturated carbocycles. The lowest BCUT2D eigenvalue weighted by Crippen LogP contribution is -2.31. The van der Waals surface area contributed by atoms with Crippen LogP contribution in [0, 0.1) is 11.3 Å². The van der Waals surface area contributed by atoms with Crippen LogP contribution in [-0.4, -0.2) is 22.3 Å². The van der Waals surface area contributed by atoms with E-state index in [1.165, 1.54) is 11.3 Å². The van der Waals surface area contributed by atoms with Crippen molar-refractivity contribution in [2.75, 3.05) is 6.54 Å². The standard InChI is InChI=1S/C19H17N3OS2/c1-2-8-22(11-15-5-3-14(10-20)4-6-15)19(23)17-13-25-18(21-17)16-7-9-24-12-16/h3-7,9,12-13H,2,8,11H2,1H3. The Labute approximate surface area is 155 Å². The SMILES string of the molecule is CCCN(Cc1ccc(C#N)cc1)C(=O)c1csc(-c2ccsc2)n1. The van der Waals surface area contributed by atoms with Gasteiger partial charge in [-0.05, 0) is 35.6 Å². The first-order valence-corrected chi connectivity index (χ1v) is 9.80. The number of carbonyl (C=O) groups is 1. The van der Waals surface area contributed by atoms with Crippen molar-refractivity contribution in [2.45, 2.75) is 19.9 Å². The quantitative estimate of drug-likeness (QED) is 0.629. The van der Waals surface area contributed by atoms with E-state index in [1.54, 1.807) is 23.5 Å². The molecule has 2 heterocycles. The van der Waals surface area contributed by atoms with Crippen molar-refractivity contribution >= 4 is 28.6 Å². The van der Waals surface area contributed by atoms with Gasteiger partial charge in [0, 0.05) is 29.4 Å². The van der Waals surface area contributed by atoms with E-state index >= 15 is 0 Å². The van der Waals surface area contributed by atoms with Crippen LogP contribution >= 0.6 is 22.7 Å². The molecule has 126 valence electrons. The average Bonchev–Trinajstić information content (AvgIpc) is 3.32. The zero-order valence-electron chi connectivity index (χ0n) is 13.8. The number of benzene rings is 1. The third kappa shape index (κ3) is 4.13. The second-order valence-electron chi connectivity index (χ2n) is 5.59. The molecule has 25 heavy (non-hydrogen) atoms. The summed E-state index contributed by atoms with van der Waals surface area (Å²) < 4.78 is 0. The molecule has 0 saturated heterocycles. The van der Waals surface area contributed by atoms with Crippen LogP contribution in [0.1, 0.15) is 35.0 Å². The van der Waals surface area contributed by atoms with E-state index in [1.807, 2.05) is 39.2 Å². The Morgan fingerprint density at radius 3 is 2.68 bits per heavy atom. The van der Waals surface area contributed by atoms with Crippen molar-refractivity contribution in [1.29, 1.82) is 5.26 Å². The highest BCUT2D eigenvalue weighted by atomic mass is 32.1. The number of thiophene rings is 1. The van der Waals surface area contributed by atoms with E-state index in [9.17, 15) is 4.79 Å². The van der Waals surface area contributed by atoms with Gasteiger partial charge in [0.2, 0.25) is 0 Å². The molecule has 1 amide bonds. The molecule has 4 nitrogen and oxygen atoms in total. The molecule has 0 aliphatic rings. The van der Waals surface area contributed by atoms with Gasteiger partial charge in [0.25, 0.3) is 5.91 Å². The third-order valence-corrected chi connectivity index (χ3v) is 5.30. The maximum absolute atomic E-state index is 12.9. The van der Waals surface area contributed by atoms with Crippen LogP contribution in [0.15, 0.2) is 46.5 Å². The highest BCUT2D eigenvalue weighted by Gasteiger charge is 2.19. The predicted molar refractivity (Wildman–Crippen MR) is 102 cm³/mol. The van der Waals surface area contributed by atoms with Crippen molar-refractivity contribution in [3.63, 3.8) is 0 Å². The summed E-state index contributed by atoms with van der Waals surface area (Å²) in [6, 6.07) is 11.5. The van der Waals surface area contributed by atoms with Crippen molar-refractivity contribution in [2.24, 2.45) is 0 Å². The summed E-state index contributed by atoms with van der Waals surface area (Å²) in [7, 11) is 0. The lowest BCUT2D eigenvalue weighted by atomic mass is 10.1. The second kappa shape index (κ2) is 8.06. The second-order valence-corrected chi connectivity index (χ2v) is 7.22. The van der Waals surface area contributed by atoms with Crippen molar-refractivity contribution in [3.8, 4) is 16.6 Å². The van der Waals surface area contributed by atoms with Gasteiger partial charge >= 0.3 is 0 Å². The Morgan fingerprint density at radius 1 is 1.24 bits per heavy atom. The van der Waals surface area contributed by atoms with E-state index in [2.05, 4.69) is 18.0 Å². The molecule has 3 aromatic rings. The van der Waals surface area contributed by atoms with Crippen LogP contribution in [0.3, 0.4) is 0 Å². The monoisotopic (exact) mass is 367 g/mol. The van der Waals surface area contributed by atoms with Gasteiger partial charge in [-0.1, -0.05) is 19.1 Å². The minimum atomic E-state index is -0.0519. The molecule has 0 unspecified atom stereocenters. The largest absolute Gasteiger partial charge is 0.333 e. The molecule has 0 spiro atoms. The Kier molecular flexibility index (Phi) is 5.59. The van der Waals surface area contributed by atoms with Gasteiger partial charge in [0.1, 0.15) is 10.7 Å². The lowest BCUT2D eigenvalue weighted by Gasteiger charge is -2.21. The Hall–Kier alpha value is -2.49. The summed E-state index contributed by atoms with van der Waals surface area (Å²) in [5.74, 6) is -0.0519. The molecular formula is C19H17N3OS2. The van der Waals surface area contributed by atoms with E-state index in [4.69, 9.17) is 5.26 Å². The number of nitrogens with zero attached hydrogens (tertiary/aromatic N) is 3. The normalized spacial score (nSPS) is 10.4. The molecular weight excluding hydrogens is 350 g/mol. The summed E-state index contributed by atoms with van der Waals surface area (Å²) >= 11 is 3.11. The first-order chi connectivity index (χ1) is 12.2. The minimum Gasteiger partial charge on any atom is -0.333 e. The summed E-state index contributed by atoms with van der Waals surface area (Å²) in [4.78, 5) is 19.2. The zero-order valence-corrected chi connectivity index (χ0v) is 15.4. The number of rotatable bonds is 6. The highest BCUT2D eigenvalue weighted by Crippen LogP contribution is 2.26. The van der Waals surface area contributed by atoms with E-state index in [0.717, 1.165) is 22.6 Å². The number of hydrogen-bond donors (Lipinski definition) is 0. The van der Waals surface area contributed by atoms with Crippen molar-refractivity contribution in [3.05, 3.63) is 63.3 Å². The van der Waals surface area contributed by atoms with Gasteiger partial charge in [-0.3, -0.25) is 4.79 Å². The van der Waals surface area contributed by atoms with Gasteiger partial charge in [-0.15, -0.1) is 11.3 Å². The van der Waals surface area contributed by atoms with Crippen LogP contribution in [0.5, 0.6) is 0 Å². The Morgan fingerprint density at radius 2 is 2.04 bits per heavy atom. The molecule has 0 bridgehead atoms. The zero-order chi connectivity index (χ0) is 17.6. The number of hydrogen-bond acceptors (Lipinski definition) is 5. The van der Waals surface area contributed by atoms with Crippen LogP contribution < -0.4 is 0 Å². The first-order valence-electron chi connectivity index (χ1n) is 7.97. The maximum atomic E-state index is 12.9. The predicted octanol–water partition coefficient (Wildman–Crippen LogP) is 4.80. The molecule has 6 heteroatoms. The van der Waals surface area contributed by atoms with Crippen LogP contribution in [0.2, 0.25) is 0 Å². The third-order valence-electron chi connectivity index (χ3n) is 3.73. The van der Waals surface area contributed by atoms with Gasteiger partial charge in [0.05, 0.1) is 11.6 Å². The van der Waals surface area contributed by atoms with Crippen LogP contribution in [0.25, 0.3) is 10.6 Å². The molecule has 3 rings (SSSR count). The molecule has 0 aliphatic heterocycles. The molecule has 0 aliphatic carbocycles. The minimum absolute atomic E-state index is 0.0519. The van der Waals surface area contributed by atoms with E-state index < -0.39 is 0 Å². The van der Waals surface area contributed by atoms with Gasteiger partial charge in [0.15, 0.2) is 0 Å². The van der Waals surface area contributed by atoms with Gasteiger partial charge < -0.3 is 4.90 Å². The molecule has 0 atom stereocenters. The summed E-state index contributed by atoms with van der Waals surface area (Å²) in [5.41, 5.74) is 3.18. The average molecular weight is 367 g/mol. The number of aromatic nitrogens is 1. The van der Waals surface area contributed by atoms with Crippen molar-refractivity contribution < 1.29 is 4.79 Å². The maximum Gasteiger partial charge on any atom is 0.273 e. The molecule has 0 radical (unpaired) electrons. The lowest BCUT2D eigenvalue weighted by molar-refractivity contribution is 0.0738. The molecule has 0 fully saturated rings. The Balaban J connectivity index is 1.77. The molecule has 0 N–H and O–H groups in total. The fourth-order valence-corrected chi connectivity index (χ4v) is 3.99.